The van der Waals surface area contributed by atoms with Gasteiger partial charge in [-0.15, -0.1) is 11.3 Å². The van der Waals surface area contributed by atoms with Gasteiger partial charge in [-0.05, 0) is 54.8 Å². The molecule has 5 rings (SSSR count). The summed E-state index contributed by atoms with van der Waals surface area (Å²) in [7, 11) is 0. The van der Waals surface area contributed by atoms with Crippen molar-refractivity contribution in [2.75, 3.05) is 39.5 Å². The summed E-state index contributed by atoms with van der Waals surface area (Å²) in [6, 6.07) is 10.5. The number of benzene rings is 1. The molecule has 6 nitrogen and oxygen atoms in total. The van der Waals surface area contributed by atoms with Crippen LogP contribution in [0, 0.1) is 0 Å². The lowest BCUT2D eigenvalue weighted by atomic mass is 10.0. The summed E-state index contributed by atoms with van der Waals surface area (Å²) < 4.78 is 17.6. The molecule has 1 aromatic heterocycles. The van der Waals surface area contributed by atoms with Gasteiger partial charge in [0, 0.05) is 37.5 Å². The quantitative estimate of drug-likeness (QED) is 0.623. The van der Waals surface area contributed by atoms with Crippen molar-refractivity contribution >= 4 is 17.2 Å². The third-order valence-electron chi connectivity index (χ3n) is 6.53. The van der Waals surface area contributed by atoms with Crippen LogP contribution in [-0.2, 0) is 16.1 Å². The lowest BCUT2D eigenvalue weighted by Gasteiger charge is -2.30. The highest BCUT2D eigenvalue weighted by atomic mass is 32.1. The van der Waals surface area contributed by atoms with Crippen LogP contribution in [0.4, 0.5) is 0 Å². The molecule has 2 fully saturated rings. The van der Waals surface area contributed by atoms with E-state index in [9.17, 15) is 4.79 Å². The average molecular weight is 457 g/mol. The number of rotatable bonds is 7. The normalized spacial score (nSPS) is 23.0. The van der Waals surface area contributed by atoms with E-state index in [4.69, 9.17) is 14.2 Å². The molecule has 1 aromatic carbocycles. The summed E-state index contributed by atoms with van der Waals surface area (Å²) in [5.41, 5.74) is 1.14. The molecule has 0 radical (unpaired) electrons. The summed E-state index contributed by atoms with van der Waals surface area (Å²) in [6.45, 7) is 5.04. The molecule has 0 N–H and O–H groups in total. The lowest BCUT2D eigenvalue weighted by molar-refractivity contribution is -0.133. The predicted octanol–water partition coefficient (Wildman–Crippen LogP) is 4.25. The molecule has 0 spiro atoms. The molecule has 0 saturated carbocycles. The van der Waals surface area contributed by atoms with Crippen molar-refractivity contribution in [3.63, 3.8) is 0 Å². The Hall–Kier alpha value is -2.09. The average Bonchev–Trinajstić information content (AvgIpc) is 3.55. The summed E-state index contributed by atoms with van der Waals surface area (Å²) in [5.74, 6) is 1.81. The molecule has 32 heavy (non-hydrogen) atoms. The molecule has 7 heteroatoms. The molecule has 172 valence electrons. The van der Waals surface area contributed by atoms with Crippen LogP contribution in [0.5, 0.6) is 11.5 Å². The van der Waals surface area contributed by atoms with Gasteiger partial charge in [0.15, 0.2) is 11.5 Å². The molecule has 3 aliphatic heterocycles. The number of hydrogen-bond acceptors (Lipinski definition) is 6. The van der Waals surface area contributed by atoms with E-state index in [1.165, 1.54) is 4.88 Å². The molecular formula is C25H32N2O4S. The monoisotopic (exact) mass is 456 g/mol. The van der Waals surface area contributed by atoms with E-state index in [2.05, 4.69) is 39.4 Å². The smallest absolute Gasteiger partial charge is 0.237 e. The summed E-state index contributed by atoms with van der Waals surface area (Å²) >= 11 is 1.75. The molecule has 2 atom stereocenters. The van der Waals surface area contributed by atoms with Crippen LogP contribution in [0.3, 0.4) is 0 Å². The van der Waals surface area contributed by atoms with Crippen LogP contribution in [0.1, 0.15) is 48.6 Å². The highest BCUT2D eigenvalue weighted by Gasteiger charge is 2.32. The molecule has 1 amide bonds. The summed E-state index contributed by atoms with van der Waals surface area (Å²) in [6.07, 6.45) is 5.34. The van der Waals surface area contributed by atoms with Gasteiger partial charge in [0.05, 0.1) is 31.9 Å². The second-order valence-corrected chi connectivity index (χ2v) is 9.92. The minimum absolute atomic E-state index is 0.103. The Morgan fingerprint density at radius 1 is 1.06 bits per heavy atom. The van der Waals surface area contributed by atoms with Crippen molar-refractivity contribution in [2.24, 2.45) is 0 Å². The first kappa shape index (κ1) is 21.7. The van der Waals surface area contributed by atoms with Crippen molar-refractivity contribution < 1.29 is 19.0 Å². The number of likely N-dealkylation sites (tertiary alicyclic amines) is 1. The molecule has 2 saturated heterocycles. The molecule has 3 aliphatic rings. The van der Waals surface area contributed by atoms with E-state index < -0.39 is 0 Å². The number of amides is 1. The number of thiophene rings is 1. The van der Waals surface area contributed by atoms with E-state index in [1.54, 1.807) is 11.3 Å². The van der Waals surface area contributed by atoms with Crippen LogP contribution in [-0.4, -0.2) is 61.3 Å². The van der Waals surface area contributed by atoms with Gasteiger partial charge in [-0.2, -0.15) is 0 Å². The molecule has 0 aliphatic carbocycles. The van der Waals surface area contributed by atoms with Gasteiger partial charge in [-0.1, -0.05) is 12.1 Å². The molecule has 0 bridgehead atoms. The zero-order chi connectivity index (χ0) is 21.8. The third-order valence-corrected chi connectivity index (χ3v) is 7.39. The molecule has 4 heterocycles. The van der Waals surface area contributed by atoms with Gasteiger partial charge in [0.2, 0.25) is 5.91 Å². The first-order valence-electron chi connectivity index (χ1n) is 11.8. The minimum atomic E-state index is 0.103. The first-order valence-corrected chi connectivity index (χ1v) is 12.7. The molecular weight excluding hydrogens is 424 g/mol. The first-order chi connectivity index (χ1) is 15.8. The third kappa shape index (κ3) is 5.11. The highest BCUT2D eigenvalue weighted by molar-refractivity contribution is 7.09. The minimum Gasteiger partial charge on any atom is -0.490 e. The van der Waals surface area contributed by atoms with Gasteiger partial charge in [-0.3, -0.25) is 9.69 Å². The fourth-order valence-electron chi connectivity index (χ4n) is 4.97. The van der Waals surface area contributed by atoms with Gasteiger partial charge < -0.3 is 19.1 Å². The van der Waals surface area contributed by atoms with Crippen molar-refractivity contribution in [1.29, 1.82) is 0 Å². The number of ether oxygens (including phenoxy) is 3. The Balaban J connectivity index is 1.28. The van der Waals surface area contributed by atoms with Gasteiger partial charge in [-0.25, -0.2) is 0 Å². The zero-order valence-electron chi connectivity index (χ0n) is 18.5. The van der Waals surface area contributed by atoms with E-state index in [1.807, 2.05) is 6.07 Å². The summed E-state index contributed by atoms with van der Waals surface area (Å²) in [4.78, 5) is 19.1. The number of nitrogens with zero attached hydrogens (tertiary/aromatic N) is 2. The number of carbonyl (C=O) groups is 1. The van der Waals surface area contributed by atoms with Gasteiger partial charge in [0.25, 0.3) is 0 Å². The van der Waals surface area contributed by atoms with E-state index >= 15 is 0 Å². The Bertz CT molecular complexity index is 897. The maximum atomic E-state index is 13.5. The van der Waals surface area contributed by atoms with Crippen molar-refractivity contribution in [3.8, 4) is 11.5 Å². The fourth-order valence-corrected chi connectivity index (χ4v) is 5.71. The van der Waals surface area contributed by atoms with Crippen LogP contribution < -0.4 is 9.47 Å². The topological polar surface area (TPSA) is 51.2 Å². The standard InChI is InChI=1S/C25H32N2O4S/c28-25(18-26(16-20-5-2-11-29-20)17-21-6-3-14-32-21)27-10-1-7-22(27)19-8-9-23-24(15-19)31-13-4-12-30-23/h3,6,8-9,14-15,20,22H,1-2,4-5,7,10-13,16-18H2/t20-,22-/m1/s1. The largest absolute Gasteiger partial charge is 0.490 e. The fraction of sp³-hybridized carbons (Fsp3) is 0.560. The maximum Gasteiger partial charge on any atom is 0.237 e. The predicted molar refractivity (Wildman–Crippen MR) is 124 cm³/mol. The Morgan fingerprint density at radius 2 is 1.97 bits per heavy atom. The van der Waals surface area contributed by atoms with Crippen molar-refractivity contribution in [1.82, 2.24) is 9.80 Å². The highest BCUT2D eigenvalue weighted by Crippen LogP contribution is 2.38. The van der Waals surface area contributed by atoms with E-state index in [0.29, 0.717) is 19.8 Å². The van der Waals surface area contributed by atoms with Gasteiger partial charge >= 0.3 is 0 Å². The second-order valence-electron chi connectivity index (χ2n) is 8.89. The second kappa shape index (κ2) is 10.2. The molecule has 0 unspecified atom stereocenters. The number of carbonyl (C=O) groups excluding carboxylic acids is 1. The lowest BCUT2D eigenvalue weighted by Crippen LogP contribution is -2.42. The van der Waals surface area contributed by atoms with Gasteiger partial charge in [0.1, 0.15) is 0 Å². The number of fused-ring (bicyclic) bond motifs is 1. The molecule has 2 aromatic rings. The maximum absolute atomic E-state index is 13.5. The Kier molecular flexibility index (Phi) is 6.95. The van der Waals surface area contributed by atoms with E-state index in [0.717, 1.165) is 75.4 Å². The number of hydrogen-bond donors (Lipinski definition) is 0. The Labute approximate surface area is 194 Å². The Morgan fingerprint density at radius 3 is 2.78 bits per heavy atom. The van der Waals surface area contributed by atoms with Crippen molar-refractivity contribution in [2.45, 2.75) is 50.8 Å². The van der Waals surface area contributed by atoms with Crippen LogP contribution in [0.2, 0.25) is 0 Å². The van der Waals surface area contributed by atoms with Crippen molar-refractivity contribution in [3.05, 3.63) is 46.2 Å². The zero-order valence-corrected chi connectivity index (χ0v) is 19.4. The van der Waals surface area contributed by atoms with Crippen LogP contribution in [0.25, 0.3) is 0 Å². The van der Waals surface area contributed by atoms with Crippen LogP contribution in [0.15, 0.2) is 35.7 Å². The SMILES string of the molecule is O=C(CN(Cc1cccs1)C[C@H]1CCCO1)N1CCC[C@@H]1c1ccc2c(c1)OCCCO2. The van der Waals surface area contributed by atoms with Crippen LogP contribution >= 0.6 is 11.3 Å². The van der Waals surface area contributed by atoms with E-state index in [-0.39, 0.29) is 18.1 Å². The summed E-state index contributed by atoms with van der Waals surface area (Å²) in [5, 5.41) is 2.10.